The Morgan fingerprint density at radius 2 is 2.06 bits per heavy atom. The molecule has 2 rings (SSSR count). The maximum absolute atomic E-state index is 12.5. The predicted octanol–water partition coefficient (Wildman–Crippen LogP) is 0.927. The molecule has 0 saturated carbocycles. The third-order valence-electron chi connectivity index (χ3n) is 4.34. The van der Waals surface area contributed by atoms with Crippen LogP contribution in [0.5, 0.6) is 0 Å². The molecule has 1 amide bonds. The zero-order valence-electron chi connectivity index (χ0n) is 12.0. The van der Waals surface area contributed by atoms with Crippen molar-refractivity contribution >= 4 is 5.91 Å². The van der Waals surface area contributed by atoms with Crippen LogP contribution in [0.15, 0.2) is 0 Å². The molecule has 0 aromatic carbocycles. The highest BCUT2D eigenvalue weighted by Crippen LogP contribution is 2.34. The van der Waals surface area contributed by atoms with E-state index < -0.39 is 0 Å². The first-order chi connectivity index (χ1) is 8.61. The largest absolute Gasteiger partial charge is 0.343 e. The Morgan fingerprint density at radius 1 is 1.28 bits per heavy atom. The Bertz CT molecular complexity index is 293. The van der Waals surface area contributed by atoms with Crippen molar-refractivity contribution in [3.05, 3.63) is 0 Å². The molecule has 4 heteroatoms. The van der Waals surface area contributed by atoms with Crippen LogP contribution in [0.4, 0.5) is 0 Å². The summed E-state index contributed by atoms with van der Waals surface area (Å²) in [5.74, 6) is 0.638. The van der Waals surface area contributed by atoms with E-state index in [9.17, 15) is 4.79 Å². The molecule has 4 nitrogen and oxygen atoms in total. The fraction of sp³-hybridized carbons (Fsp3) is 0.929. The lowest BCUT2D eigenvalue weighted by Gasteiger charge is -2.28. The lowest BCUT2D eigenvalue weighted by molar-refractivity contribution is -0.136. The van der Waals surface area contributed by atoms with E-state index in [0.29, 0.717) is 18.0 Å². The van der Waals surface area contributed by atoms with Crippen LogP contribution in [-0.2, 0) is 4.79 Å². The first-order valence-electron chi connectivity index (χ1n) is 7.31. The van der Waals surface area contributed by atoms with Crippen molar-refractivity contribution in [1.29, 1.82) is 0 Å². The third kappa shape index (κ3) is 3.04. The van der Waals surface area contributed by atoms with Crippen molar-refractivity contribution < 1.29 is 4.79 Å². The van der Waals surface area contributed by atoms with Gasteiger partial charge in [-0.3, -0.25) is 4.79 Å². The molecule has 2 aliphatic rings. The van der Waals surface area contributed by atoms with Crippen LogP contribution >= 0.6 is 0 Å². The smallest absolute Gasteiger partial charge is 0.227 e. The highest BCUT2D eigenvalue weighted by Gasteiger charge is 2.43. The number of fused-ring (bicyclic) bond motifs is 2. The van der Waals surface area contributed by atoms with Crippen molar-refractivity contribution in [2.75, 3.05) is 33.7 Å². The van der Waals surface area contributed by atoms with Gasteiger partial charge >= 0.3 is 0 Å². The Kier molecular flexibility index (Phi) is 4.62. The monoisotopic (exact) mass is 253 g/mol. The van der Waals surface area contributed by atoms with Crippen LogP contribution < -0.4 is 5.32 Å². The molecular formula is C14H27N3O. The minimum atomic E-state index is 0.253. The summed E-state index contributed by atoms with van der Waals surface area (Å²) in [7, 11) is 4.16. The van der Waals surface area contributed by atoms with Gasteiger partial charge in [0.15, 0.2) is 0 Å². The Labute approximate surface area is 111 Å². The Balaban J connectivity index is 1.82. The van der Waals surface area contributed by atoms with E-state index in [4.69, 9.17) is 0 Å². The summed E-state index contributed by atoms with van der Waals surface area (Å²) in [6.45, 7) is 4.90. The van der Waals surface area contributed by atoms with E-state index in [1.165, 1.54) is 12.8 Å². The number of nitrogens with one attached hydrogen (secondary N) is 1. The SMILES string of the molecule is CCN(CCCN(C)C)C(=O)C1CC2CCC1N2. The number of amides is 1. The molecule has 0 radical (unpaired) electrons. The van der Waals surface area contributed by atoms with E-state index in [-0.39, 0.29) is 5.92 Å². The first kappa shape index (κ1) is 13.8. The molecule has 1 N–H and O–H groups in total. The van der Waals surface area contributed by atoms with Gasteiger partial charge in [-0.05, 0) is 53.2 Å². The molecule has 2 saturated heterocycles. The maximum Gasteiger partial charge on any atom is 0.227 e. The van der Waals surface area contributed by atoms with Gasteiger partial charge in [0.2, 0.25) is 5.91 Å². The maximum atomic E-state index is 12.5. The van der Waals surface area contributed by atoms with E-state index in [0.717, 1.165) is 32.5 Å². The molecule has 0 aliphatic carbocycles. The van der Waals surface area contributed by atoms with E-state index in [1.807, 2.05) is 0 Å². The van der Waals surface area contributed by atoms with Gasteiger partial charge in [0.1, 0.15) is 0 Å². The first-order valence-corrected chi connectivity index (χ1v) is 7.31. The molecule has 0 spiro atoms. The zero-order valence-corrected chi connectivity index (χ0v) is 12.0. The van der Waals surface area contributed by atoms with Gasteiger partial charge in [-0.2, -0.15) is 0 Å². The van der Waals surface area contributed by atoms with E-state index in [1.54, 1.807) is 0 Å². The van der Waals surface area contributed by atoms with Gasteiger partial charge < -0.3 is 15.1 Å². The summed E-state index contributed by atoms with van der Waals surface area (Å²) >= 11 is 0. The molecule has 0 aromatic rings. The van der Waals surface area contributed by atoms with Gasteiger partial charge in [0.25, 0.3) is 0 Å². The van der Waals surface area contributed by atoms with Gasteiger partial charge in [-0.1, -0.05) is 0 Å². The summed E-state index contributed by atoms with van der Waals surface area (Å²) in [6, 6.07) is 1.08. The average molecular weight is 253 g/mol. The van der Waals surface area contributed by atoms with Gasteiger partial charge in [-0.15, -0.1) is 0 Å². The van der Waals surface area contributed by atoms with Crippen LogP contribution in [0.1, 0.15) is 32.6 Å². The summed E-state index contributed by atoms with van der Waals surface area (Å²) < 4.78 is 0. The average Bonchev–Trinajstić information content (AvgIpc) is 2.95. The summed E-state index contributed by atoms with van der Waals surface area (Å²) in [4.78, 5) is 16.7. The lowest BCUT2D eigenvalue weighted by atomic mass is 9.88. The molecule has 104 valence electrons. The normalized spacial score (nSPS) is 30.1. The number of hydrogen-bond donors (Lipinski definition) is 1. The zero-order chi connectivity index (χ0) is 13.1. The number of nitrogens with zero attached hydrogens (tertiary/aromatic N) is 2. The number of carbonyl (C=O) groups is 1. The molecule has 3 unspecified atom stereocenters. The van der Waals surface area contributed by atoms with Crippen molar-refractivity contribution in [1.82, 2.24) is 15.1 Å². The van der Waals surface area contributed by atoms with Crippen LogP contribution in [0.2, 0.25) is 0 Å². The number of rotatable bonds is 6. The highest BCUT2D eigenvalue weighted by atomic mass is 16.2. The summed E-state index contributed by atoms with van der Waals surface area (Å²) in [6.07, 6.45) is 4.59. The molecule has 2 fully saturated rings. The fourth-order valence-electron chi connectivity index (χ4n) is 3.33. The van der Waals surface area contributed by atoms with Crippen LogP contribution in [0.25, 0.3) is 0 Å². The molecule has 3 atom stereocenters. The second-order valence-corrected chi connectivity index (χ2v) is 5.96. The molecule has 2 aliphatic heterocycles. The standard InChI is InChI=1S/C14H27N3O/c1-4-17(9-5-8-16(2)3)14(18)12-10-11-6-7-13(12)15-11/h11-13,15H,4-10H2,1-3H3. The van der Waals surface area contributed by atoms with Crippen LogP contribution in [0.3, 0.4) is 0 Å². The lowest BCUT2D eigenvalue weighted by Crippen LogP contribution is -2.41. The van der Waals surface area contributed by atoms with Gasteiger partial charge in [-0.25, -0.2) is 0 Å². The summed E-state index contributed by atoms with van der Waals surface area (Å²) in [5.41, 5.74) is 0. The van der Waals surface area contributed by atoms with Crippen LogP contribution in [0, 0.1) is 5.92 Å². The minimum Gasteiger partial charge on any atom is -0.343 e. The number of hydrogen-bond acceptors (Lipinski definition) is 3. The molecule has 0 aromatic heterocycles. The Morgan fingerprint density at radius 3 is 2.56 bits per heavy atom. The second kappa shape index (κ2) is 6.02. The Hall–Kier alpha value is -0.610. The molecule has 18 heavy (non-hydrogen) atoms. The van der Waals surface area contributed by atoms with E-state index >= 15 is 0 Å². The predicted molar refractivity (Wildman–Crippen MR) is 73.5 cm³/mol. The second-order valence-electron chi connectivity index (χ2n) is 5.96. The van der Waals surface area contributed by atoms with Crippen LogP contribution in [-0.4, -0.2) is 61.5 Å². The van der Waals surface area contributed by atoms with Crippen molar-refractivity contribution in [2.45, 2.75) is 44.7 Å². The van der Waals surface area contributed by atoms with Crippen molar-refractivity contribution in [3.63, 3.8) is 0 Å². The highest BCUT2D eigenvalue weighted by molar-refractivity contribution is 5.80. The third-order valence-corrected chi connectivity index (χ3v) is 4.34. The molecule has 2 bridgehead atoms. The summed E-state index contributed by atoms with van der Waals surface area (Å²) in [5, 5.41) is 3.56. The van der Waals surface area contributed by atoms with Crippen molar-refractivity contribution in [2.24, 2.45) is 5.92 Å². The van der Waals surface area contributed by atoms with Gasteiger partial charge in [0.05, 0.1) is 5.92 Å². The molecular weight excluding hydrogens is 226 g/mol. The van der Waals surface area contributed by atoms with Crippen molar-refractivity contribution in [3.8, 4) is 0 Å². The van der Waals surface area contributed by atoms with E-state index in [2.05, 4.69) is 36.1 Å². The number of carbonyl (C=O) groups excluding carboxylic acids is 1. The molecule has 2 heterocycles. The quantitative estimate of drug-likeness (QED) is 0.765. The fourth-order valence-corrected chi connectivity index (χ4v) is 3.33. The van der Waals surface area contributed by atoms with Gasteiger partial charge in [0, 0.05) is 25.2 Å². The minimum absolute atomic E-state index is 0.253. The topological polar surface area (TPSA) is 35.6 Å².